The van der Waals surface area contributed by atoms with Gasteiger partial charge in [0.1, 0.15) is 0 Å². The van der Waals surface area contributed by atoms with E-state index in [1.165, 1.54) is 12.1 Å². The SMILES string of the molecule is FC(F)(F)[C@]1(c2ccccc2)OC(c2ccccc2)=Nc2nc3ccccc3n21. The Labute approximate surface area is 163 Å². The van der Waals surface area contributed by atoms with Gasteiger partial charge >= 0.3 is 11.9 Å². The fraction of sp³-hybridized carbons (Fsp3) is 0.0909. The first-order valence-electron chi connectivity index (χ1n) is 8.94. The van der Waals surface area contributed by atoms with Crippen molar-refractivity contribution in [3.05, 3.63) is 96.1 Å². The van der Waals surface area contributed by atoms with E-state index in [1.54, 1.807) is 72.8 Å². The Morgan fingerprint density at radius 3 is 2.10 bits per heavy atom. The molecule has 0 bridgehead atoms. The van der Waals surface area contributed by atoms with Gasteiger partial charge in [-0.3, -0.25) is 4.57 Å². The normalized spacial score (nSPS) is 18.8. The van der Waals surface area contributed by atoms with Crippen LogP contribution in [0.2, 0.25) is 0 Å². The lowest BCUT2D eigenvalue weighted by Crippen LogP contribution is -2.53. The van der Waals surface area contributed by atoms with Crippen molar-refractivity contribution < 1.29 is 17.9 Å². The highest BCUT2D eigenvalue weighted by atomic mass is 19.4. The summed E-state index contributed by atoms with van der Waals surface area (Å²) in [6, 6.07) is 22.7. The first-order chi connectivity index (χ1) is 14.0. The molecule has 1 aromatic heterocycles. The summed E-state index contributed by atoms with van der Waals surface area (Å²) < 4.78 is 51.3. The van der Waals surface area contributed by atoms with E-state index in [4.69, 9.17) is 4.74 Å². The van der Waals surface area contributed by atoms with E-state index < -0.39 is 11.9 Å². The number of benzene rings is 3. The molecule has 0 fully saturated rings. The summed E-state index contributed by atoms with van der Waals surface area (Å²) in [4.78, 5) is 8.69. The molecule has 1 aliphatic rings. The van der Waals surface area contributed by atoms with Crippen LogP contribution in [0.5, 0.6) is 0 Å². The van der Waals surface area contributed by atoms with E-state index >= 15 is 0 Å². The number of hydrogen-bond donors (Lipinski definition) is 0. The molecule has 1 aliphatic heterocycles. The van der Waals surface area contributed by atoms with Crippen molar-refractivity contribution in [3.8, 4) is 0 Å². The molecular weight excluding hydrogens is 379 g/mol. The van der Waals surface area contributed by atoms with Crippen LogP contribution in [0, 0.1) is 0 Å². The minimum atomic E-state index is -4.79. The largest absolute Gasteiger partial charge is 0.454 e. The van der Waals surface area contributed by atoms with Gasteiger partial charge in [-0.25, -0.2) is 4.98 Å². The van der Waals surface area contributed by atoms with Crippen LogP contribution in [0.3, 0.4) is 0 Å². The maximum atomic E-state index is 14.8. The standard InChI is InChI=1S/C22H14F3N3O/c23-22(24,25)21(16-11-5-2-6-12-16)28-18-14-8-7-13-17(18)26-20(28)27-19(29-21)15-9-3-1-4-10-15/h1-14H/t21-/m0/s1. The number of halogens is 3. The van der Waals surface area contributed by atoms with Crippen molar-refractivity contribution in [1.82, 2.24) is 9.55 Å². The third-order valence-electron chi connectivity index (χ3n) is 4.87. The molecule has 0 saturated heterocycles. The second-order valence-corrected chi connectivity index (χ2v) is 6.63. The van der Waals surface area contributed by atoms with Gasteiger partial charge < -0.3 is 4.74 Å². The highest BCUT2D eigenvalue weighted by Gasteiger charge is 2.63. The lowest BCUT2D eigenvalue weighted by Gasteiger charge is -2.40. The van der Waals surface area contributed by atoms with Crippen LogP contribution in [-0.2, 0) is 10.5 Å². The van der Waals surface area contributed by atoms with Crippen molar-refractivity contribution in [1.29, 1.82) is 0 Å². The molecule has 0 unspecified atom stereocenters. The molecular formula is C22H14F3N3O. The van der Waals surface area contributed by atoms with Gasteiger partial charge in [0, 0.05) is 11.1 Å². The van der Waals surface area contributed by atoms with E-state index in [-0.39, 0.29) is 17.4 Å². The lowest BCUT2D eigenvalue weighted by molar-refractivity contribution is -0.271. The molecule has 0 amide bonds. The molecule has 4 nitrogen and oxygen atoms in total. The van der Waals surface area contributed by atoms with Crippen molar-refractivity contribution in [2.24, 2.45) is 4.99 Å². The van der Waals surface area contributed by atoms with Crippen LogP contribution in [0.25, 0.3) is 11.0 Å². The van der Waals surface area contributed by atoms with Crippen LogP contribution in [0.15, 0.2) is 89.9 Å². The smallest absolute Gasteiger partial charge is 0.436 e. The van der Waals surface area contributed by atoms with Gasteiger partial charge in [-0.2, -0.15) is 18.2 Å². The highest BCUT2D eigenvalue weighted by molar-refractivity contribution is 5.97. The number of fused-ring (bicyclic) bond motifs is 3. The molecule has 0 radical (unpaired) electrons. The molecule has 2 heterocycles. The maximum Gasteiger partial charge on any atom is 0.454 e. The summed E-state index contributed by atoms with van der Waals surface area (Å²) in [5.74, 6) is -0.188. The Bertz CT molecular complexity index is 1220. The van der Waals surface area contributed by atoms with Crippen LogP contribution in [-0.4, -0.2) is 21.6 Å². The Morgan fingerprint density at radius 2 is 1.41 bits per heavy atom. The van der Waals surface area contributed by atoms with Crippen LogP contribution < -0.4 is 0 Å². The number of hydrogen-bond acceptors (Lipinski definition) is 3. The average molecular weight is 393 g/mol. The molecule has 5 rings (SSSR count). The van der Waals surface area contributed by atoms with Gasteiger partial charge in [-0.15, -0.1) is 0 Å². The summed E-state index contributed by atoms with van der Waals surface area (Å²) in [5, 5.41) is 0. The molecule has 0 aliphatic carbocycles. The number of alkyl halides is 3. The highest BCUT2D eigenvalue weighted by Crippen LogP contribution is 2.49. The minimum absolute atomic E-state index is 0.0553. The zero-order valence-electron chi connectivity index (χ0n) is 15.0. The lowest BCUT2D eigenvalue weighted by atomic mass is 10.00. The second-order valence-electron chi connectivity index (χ2n) is 6.63. The van der Waals surface area contributed by atoms with E-state index in [1.807, 2.05) is 0 Å². The van der Waals surface area contributed by atoms with Gasteiger partial charge in [0.15, 0.2) is 0 Å². The number of imidazole rings is 1. The first kappa shape index (κ1) is 17.5. The molecule has 0 spiro atoms. The number of nitrogens with zero attached hydrogens (tertiary/aromatic N) is 3. The minimum Gasteiger partial charge on any atom is -0.436 e. The zero-order valence-corrected chi connectivity index (χ0v) is 15.0. The van der Waals surface area contributed by atoms with E-state index in [2.05, 4.69) is 9.98 Å². The van der Waals surface area contributed by atoms with Crippen LogP contribution in [0.1, 0.15) is 11.1 Å². The Balaban J connectivity index is 1.89. The average Bonchev–Trinajstić information content (AvgIpc) is 3.12. The number of ether oxygens (including phenoxy) is 1. The number of aliphatic imine (C=N–C) groups is 1. The fourth-order valence-corrected chi connectivity index (χ4v) is 3.60. The van der Waals surface area contributed by atoms with Gasteiger partial charge in [0.2, 0.25) is 11.8 Å². The molecule has 0 saturated carbocycles. The van der Waals surface area contributed by atoms with E-state index in [0.29, 0.717) is 16.6 Å². The first-order valence-corrected chi connectivity index (χ1v) is 8.94. The van der Waals surface area contributed by atoms with Gasteiger partial charge in [-0.05, 0) is 24.3 Å². The van der Waals surface area contributed by atoms with Crippen molar-refractivity contribution >= 4 is 22.9 Å². The third kappa shape index (κ3) is 2.54. The quantitative estimate of drug-likeness (QED) is 0.457. The number of rotatable bonds is 2. The van der Waals surface area contributed by atoms with Crippen molar-refractivity contribution in [3.63, 3.8) is 0 Å². The van der Waals surface area contributed by atoms with Crippen molar-refractivity contribution in [2.75, 3.05) is 0 Å². The molecule has 29 heavy (non-hydrogen) atoms. The van der Waals surface area contributed by atoms with Gasteiger partial charge in [0.25, 0.3) is 0 Å². The summed E-state index contributed by atoms with van der Waals surface area (Å²) in [6.45, 7) is 0. The number of aromatic nitrogens is 2. The second kappa shape index (κ2) is 6.20. The van der Waals surface area contributed by atoms with E-state index in [0.717, 1.165) is 4.57 Å². The molecule has 3 aromatic carbocycles. The molecule has 1 atom stereocenters. The molecule has 7 heteroatoms. The topological polar surface area (TPSA) is 39.4 Å². The summed E-state index contributed by atoms with van der Waals surface area (Å²) in [7, 11) is 0. The predicted molar refractivity (Wildman–Crippen MR) is 103 cm³/mol. The van der Waals surface area contributed by atoms with Gasteiger partial charge in [-0.1, -0.05) is 60.7 Å². The van der Waals surface area contributed by atoms with Crippen LogP contribution >= 0.6 is 0 Å². The predicted octanol–water partition coefficient (Wildman–Crippen LogP) is 5.41. The molecule has 4 aromatic rings. The van der Waals surface area contributed by atoms with E-state index in [9.17, 15) is 13.2 Å². The fourth-order valence-electron chi connectivity index (χ4n) is 3.60. The maximum absolute atomic E-state index is 14.8. The molecule has 0 N–H and O–H groups in total. The monoisotopic (exact) mass is 393 g/mol. The summed E-state index contributed by atoms with van der Waals surface area (Å²) >= 11 is 0. The third-order valence-corrected chi connectivity index (χ3v) is 4.87. The van der Waals surface area contributed by atoms with Crippen molar-refractivity contribution in [2.45, 2.75) is 11.9 Å². The number of para-hydroxylation sites is 2. The summed E-state index contributed by atoms with van der Waals surface area (Å²) in [5.41, 5.74) is -1.71. The Hall–Kier alpha value is -3.61. The Morgan fingerprint density at radius 1 is 0.793 bits per heavy atom. The Kier molecular flexibility index (Phi) is 3.74. The van der Waals surface area contributed by atoms with Crippen LogP contribution in [0.4, 0.5) is 19.1 Å². The van der Waals surface area contributed by atoms with Gasteiger partial charge in [0.05, 0.1) is 11.0 Å². The molecule has 144 valence electrons. The summed E-state index contributed by atoms with van der Waals surface area (Å²) in [6.07, 6.45) is -4.79. The zero-order chi connectivity index (χ0) is 20.1.